The first-order valence-corrected chi connectivity index (χ1v) is 6.67. The Morgan fingerprint density at radius 2 is 1.88 bits per heavy atom. The van der Waals surface area contributed by atoms with E-state index in [1.54, 1.807) is 20.8 Å². The predicted octanol–water partition coefficient (Wildman–Crippen LogP) is 2.14. The molecule has 96 valence electrons. The minimum absolute atomic E-state index is 0.0886. The van der Waals surface area contributed by atoms with Crippen LogP contribution in [-0.2, 0) is 10.0 Å². The van der Waals surface area contributed by atoms with Crippen LogP contribution in [0.25, 0.3) is 0 Å². The van der Waals surface area contributed by atoms with Crippen molar-refractivity contribution in [3.8, 4) is 0 Å². The smallest absolute Gasteiger partial charge is 0.244 e. The predicted molar refractivity (Wildman–Crippen MR) is 65.9 cm³/mol. The first-order chi connectivity index (χ1) is 7.53. The summed E-state index contributed by atoms with van der Waals surface area (Å²) in [5, 5.41) is -0.320. The third-order valence-electron chi connectivity index (χ3n) is 1.75. The van der Waals surface area contributed by atoms with E-state index in [9.17, 15) is 12.8 Å². The molecule has 0 saturated carbocycles. The largest absolute Gasteiger partial charge is 0.399 e. The summed E-state index contributed by atoms with van der Waals surface area (Å²) >= 11 is 5.55. The number of sulfonamides is 1. The van der Waals surface area contributed by atoms with Crippen LogP contribution < -0.4 is 10.5 Å². The molecule has 0 unspecified atom stereocenters. The van der Waals surface area contributed by atoms with Crippen LogP contribution in [0.3, 0.4) is 0 Å². The highest BCUT2D eigenvalue weighted by atomic mass is 35.5. The molecule has 0 radical (unpaired) electrons. The van der Waals surface area contributed by atoms with Crippen molar-refractivity contribution in [3.05, 3.63) is 23.0 Å². The van der Waals surface area contributed by atoms with Gasteiger partial charge < -0.3 is 5.73 Å². The number of nitrogens with two attached hydrogens (primary N) is 1. The summed E-state index contributed by atoms with van der Waals surface area (Å²) in [5.74, 6) is -1.00. The highest BCUT2D eigenvalue weighted by molar-refractivity contribution is 7.89. The summed E-state index contributed by atoms with van der Waals surface area (Å²) in [6.07, 6.45) is 0. The third-order valence-corrected chi connectivity index (χ3v) is 3.78. The lowest BCUT2D eigenvalue weighted by atomic mass is 10.1. The van der Waals surface area contributed by atoms with Crippen LogP contribution in [0.2, 0.25) is 5.02 Å². The fourth-order valence-corrected chi connectivity index (χ4v) is 3.07. The van der Waals surface area contributed by atoms with E-state index in [2.05, 4.69) is 4.72 Å². The molecule has 0 aliphatic heterocycles. The molecule has 0 spiro atoms. The van der Waals surface area contributed by atoms with Gasteiger partial charge in [-0.05, 0) is 32.9 Å². The molecule has 7 heteroatoms. The number of nitrogens with one attached hydrogen (secondary N) is 1. The summed E-state index contributed by atoms with van der Waals surface area (Å²) in [7, 11) is -3.98. The zero-order chi connectivity index (χ0) is 13.4. The minimum Gasteiger partial charge on any atom is -0.399 e. The number of rotatable bonds is 2. The molecular weight excluding hydrogens is 267 g/mol. The Bertz CT molecular complexity index is 538. The molecule has 0 amide bonds. The maximum Gasteiger partial charge on any atom is 0.244 e. The van der Waals surface area contributed by atoms with Crippen LogP contribution in [0.5, 0.6) is 0 Å². The summed E-state index contributed by atoms with van der Waals surface area (Å²) in [6.45, 7) is 4.95. The molecule has 0 atom stereocenters. The maximum atomic E-state index is 13.6. The summed E-state index contributed by atoms with van der Waals surface area (Å²) in [5.41, 5.74) is 4.81. The molecule has 1 rings (SSSR count). The van der Waals surface area contributed by atoms with E-state index >= 15 is 0 Å². The van der Waals surface area contributed by atoms with E-state index in [1.807, 2.05) is 0 Å². The summed E-state index contributed by atoms with van der Waals surface area (Å²) in [6, 6.07) is 2.20. The molecule has 0 fully saturated rings. The Kier molecular flexibility index (Phi) is 3.71. The van der Waals surface area contributed by atoms with Crippen molar-refractivity contribution >= 4 is 27.3 Å². The van der Waals surface area contributed by atoms with Gasteiger partial charge in [-0.25, -0.2) is 17.5 Å². The molecule has 0 aliphatic rings. The van der Waals surface area contributed by atoms with Crippen LogP contribution in [0.4, 0.5) is 10.1 Å². The van der Waals surface area contributed by atoms with E-state index in [0.717, 1.165) is 12.1 Å². The zero-order valence-electron chi connectivity index (χ0n) is 9.71. The van der Waals surface area contributed by atoms with Gasteiger partial charge in [0.15, 0.2) is 5.82 Å². The molecule has 1 aromatic rings. The van der Waals surface area contributed by atoms with Crippen molar-refractivity contribution in [2.75, 3.05) is 5.73 Å². The Labute approximate surface area is 105 Å². The molecule has 0 saturated heterocycles. The second kappa shape index (κ2) is 4.44. The molecule has 17 heavy (non-hydrogen) atoms. The fraction of sp³-hybridized carbons (Fsp3) is 0.400. The van der Waals surface area contributed by atoms with Gasteiger partial charge in [0.1, 0.15) is 4.90 Å². The molecular formula is C10H14ClFN2O2S. The molecule has 1 aromatic carbocycles. The SMILES string of the molecule is CC(C)(C)NS(=O)(=O)c1cc(N)cc(Cl)c1F. The van der Waals surface area contributed by atoms with Crippen molar-refractivity contribution in [1.29, 1.82) is 0 Å². The monoisotopic (exact) mass is 280 g/mol. The zero-order valence-corrected chi connectivity index (χ0v) is 11.3. The van der Waals surface area contributed by atoms with Crippen LogP contribution in [0, 0.1) is 5.82 Å². The van der Waals surface area contributed by atoms with Crippen molar-refractivity contribution in [1.82, 2.24) is 4.72 Å². The average Bonchev–Trinajstić information content (AvgIpc) is 2.06. The van der Waals surface area contributed by atoms with Crippen LogP contribution in [0.15, 0.2) is 17.0 Å². The van der Waals surface area contributed by atoms with E-state index in [-0.39, 0.29) is 10.7 Å². The lowest BCUT2D eigenvalue weighted by Crippen LogP contribution is -2.40. The highest BCUT2D eigenvalue weighted by Gasteiger charge is 2.26. The van der Waals surface area contributed by atoms with Gasteiger partial charge in [-0.2, -0.15) is 0 Å². The maximum absolute atomic E-state index is 13.6. The molecule has 4 nitrogen and oxygen atoms in total. The number of anilines is 1. The van der Waals surface area contributed by atoms with Crippen molar-refractivity contribution in [2.24, 2.45) is 0 Å². The van der Waals surface area contributed by atoms with Gasteiger partial charge in [-0.1, -0.05) is 11.6 Å². The van der Waals surface area contributed by atoms with Gasteiger partial charge in [-0.15, -0.1) is 0 Å². The number of benzene rings is 1. The van der Waals surface area contributed by atoms with E-state index in [1.165, 1.54) is 0 Å². The van der Waals surface area contributed by atoms with Gasteiger partial charge in [0.05, 0.1) is 5.02 Å². The van der Waals surface area contributed by atoms with E-state index < -0.39 is 26.3 Å². The molecule has 0 heterocycles. The van der Waals surface area contributed by atoms with Crippen LogP contribution in [-0.4, -0.2) is 14.0 Å². The Balaban J connectivity index is 3.34. The first kappa shape index (κ1) is 14.2. The number of halogens is 2. The van der Waals surface area contributed by atoms with Gasteiger partial charge in [0, 0.05) is 11.2 Å². The molecule has 0 aliphatic carbocycles. The first-order valence-electron chi connectivity index (χ1n) is 4.81. The van der Waals surface area contributed by atoms with Gasteiger partial charge in [0.2, 0.25) is 10.0 Å². The topological polar surface area (TPSA) is 72.2 Å². The van der Waals surface area contributed by atoms with Gasteiger partial charge in [0.25, 0.3) is 0 Å². The standard InChI is InChI=1S/C10H14ClFN2O2S/c1-10(2,3)14-17(15,16)8-5-6(13)4-7(11)9(8)12/h4-5,14H,13H2,1-3H3. The van der Waals surface area contributed by atoms with Crippen LogP contribution in [0.1, 0.15) is 20.8 Å². The lowest BCUT2D eigenvalue weighted by Gasteiger charge is -2.20. The summed E-state index contributed by atoms with van der Waals surface area (Å²) < 4.78 is 39.8. The van der Waals surface area contributed by atoms with Gasteiger partial charge in [-0.3, -0.25) is 0 Å². The van der Waals surface area contributed by atoms with Crippen molar-refractivity contribution in [3.63, 3.8) is 0 Å². The minimum atomic E-state index is -3.98. The van der Waals surface area contributed by atoms with Crippen molar-refractivity contribution in [2.45, 2.75) is 31.2 Å². The van der Waals surface area contributed by atoms with Crippen molar-refractivity contribution < 1.29 is 12.8 Å². The van der Waals surface area contributed by atoms with E-state index in [4.69, 9.17) is 17.3 Å². The molecule has 0 bridgehead atoms. The second-order valence-corrected chi connectivity index (χ2v) is 6.73. The van der Waals surface area contributed by atoms with E-state index in [0.29, 0.717) is 0 Å². The fourth-order valence-electron chi connectivity index (χ4n) is 1.24. The Morgan fingerprint density at radius 3 is 2.35 bits per heavy atom. The normalized spacial score (nSPS) is 12.8. The Morgan fingerprint density at radius 1 is 1.35 bits per heavy atom. The molecule has 0 aromatic heterocycles. The number of hydrogen-bond acceptors (Lipinski definition) is 3. The van der Waals surface area contributed by atoms with Gasteiger partial charge >= 0.3 is 0 Å². The number of hydrogen-bond donors (Lipinski definition) is 2. The number of nitrogen functional groups attached to an aromatic ring is 1. The summed E-state index contributed by atoms with van der Waals surface area (Å²) in [4.78, 5) is -0.544. The van der Waals surface area contributed by atoms with Crippen LogP contribution >= 0.6 is 11.6 Å². The molecule has 3 N–H and O–H groups in total. The Hall–Kier alpha value is -0.850. The average molecular weight is 281 g/mol. The second-order valence-electron chi connectivity index (χ2n) is 4.67. The quantitative estimate of drug-likeness (QED) is 0.815. The lowest BCUT2D eigenvalue weighted by molar-refractivity contribution is 0.486. The highest BCUT2D eigenvalue weighted by Crippen LogP contribution is 2.26. The third kappa shape index (κ3) is 3.55.